The number of thiophene rings is 1. The first-order chi connectivity index (χ1) is 15.1. The summed E-state index contributed by atoms with van der Waals surface area (Å²) in [5.41, 5.74) is 8.81. The van der Waals surface area contributed by atoms with Gasteiger partial charge in [-0.2, -0.15) is 0 Å². The summed E-state index contributed by atoms with van der Waals surface area (Å²) in [6, 6.07) is 18.4. The number of methoxy groups -OCH3 is 2. The van der Waals surface area contributed by atoms with E-state index >= 15 is 0 Å². The van der Waals surface area contributed by atoms with Crippen LogP contribution in [0.2, 0.25) is 0 Å². The Hall–Kier alpha value is -2.83. The van der Waals surface area contributed by atoms with Crippen LogP contribution in [-0.2, 0) is 17.8 Å². The largest absolute Gasteiger partial charge is 0.493 e. The monoisotopic (exact) mass is 436 g/mol. The Balaban J connectivity index is 1.57. The van der Waals surface area contributed by atoms with Gasteiger partial charge < -0.3 is 15.2 Å². The fourth-order valence-corrected chi connectivity index (χ4v) is 5.34. The molecule has 1 fully saturated rings. The SMILES string of the molecule is COc1cccc(CN2CCC(Cc3ccccc3-c3cccs3)(C(N)=O)C2)c1OC. The molecule has 1 atom stereocenters. The maximum absolute atomic E-state index is 12.7. The molecular formula is C25H28N2O3S. The molecule has 3 aromatic rings. The van der Waals surface area contributed by atoms with Crippen molar-refractivity contribution < 1.29 is 14.3 Å². The van der Waals surface area contributed by atoms with E-state index in [-0.39, 0.29) is 5.91 Å². The van der Waals surface area contributed by atoms with E-state index in [0.29, 0.717) is 25.3 Å². The summed E-state index contributed by atoms with van der Waals surface area (Å²) in [7, 11) is 3.29. The van der Waals surface area contributed by atoms with Crippen LogP contribution in [0.25, 0.3) is 10.4 Å². The van der Waals surface area contributed by atoms with Gasteiger partial charge in [0, 0.05) is 23.5 Å². The van der Waals surface area contributed by atoms with Gasteiger partial charge in [0.25, 0.3) is 0 Å². The Bertz CT molecular complexity index is 1050. The molecule has 1 saturated heterocycles. The minimum Gasteiger partial charge on any atom is -0.493 e. The topological polar surface area (TPSA) is 64.8 Å². The van der Waals surface area contributed by atoms with Crippen molar-refractivity contribution >= 4 is 17.2 Å². The number of rotatable bonds is 8. The standard InChI is InChI=1S/C25H28N2O3S/c1-29-21-10-5-8-19(23(21)30-2)16-27-13-12-25(17-27,24(26)28)15-18-7-3-4-9-20(18)22-11-6-14-31-22/h3-11,14H,12-13,15-17H2,1-2H3,(H2,26,28). The summed E-state index contributed by atoms with van der Waals surface area (Å²) in [5.74, 6) is 1.23. The van der Waals surface area contributed by atoms with E-state index in [0.717, 1.165) is 24.3 Å². The number of para-hydroxylation sites is 1. The second-order valence-electron chi connectivity index (χ2n) is 8.07. The van der Waals surface area contributed by atoms with Gasteiger partial charge in [-0.3, -0.25) is 9.69 Å². The maximum atomic E-state index is 12.7. The number of carbonyl (C=O) groups excluding carboxylic acids is 1. The summed E-state index contributed by atoms with van der Waals surface area (Å²) < 4.78 is 11.0. The zero-order valence-corrected chi connectivity index (χ0v) is 18.8. The van der Waals surface area contributed by atoms with Crippen molar-refractivity contribution in [1.82, 2.24) is 4.90 Å². The van der Waals surface area contributed by atoms with Crippen molar-refractivity contribution in [3.63, 3.8) is 0 Å². The predicted molar refractivity (Wildman–Crippen MR) is 125 cm³/mol. The molecule has 4 rings (SSSR count). The molecule has 1 unspecified atom stereocenters. The quantitative estimate of drug-likeness (QED) is 0.570. The van der Waals surface area contributed by atoms with Crippen LogP contribution in [0.1, 0.15) is 17.5 Å². The van der Waals surface area contributed by atoms with Crippen LogP contribution in [0.3, 0.4) is 0 Å². The van der Waals surface area contributed by atoms with Gasteiger partial charge in [0.2, 0.25) is 5.91 Å². The number of primary amides is 1. The van der Waals surface area contributed by atoms with E-state index in [9.17, 15) is 4.79 Å². The smallest absolute Gasteiger partial charge is 0.225 e. The van der Waals surface area contributed by atoms with Crippen molar-refractivity contribution in [2.75, 3.05) is 27.3 Å². The number of ether oxygens (including phenoxy) is 2. The van der Waals surface area contributed by atoms with Gasteiger partial charge in [0.15, 0.2) is 11.5 Å². The molecule has 0 radical (unpaired) electrons. The van der Waals surface area contributed by atoms with Gasteiger partial charge >= 0.3 is 0 Å². The lowest BCUT2D eigenvalue weighted by Crippen LogP contribution is -2.41. The number of hydrogen-bond donors (Lipinski definition) is 1. The van der Waals surface area contributed by atoms with Gasteiger partial charge in [-0.1, -0.05) is 42.5 Å². The molecule has 2 aromatic carbocycles. The number of hydrogen-bond acceptors (Lipinski definition) is 5. The molecule has 31 heavy (non-hydrogen) atoms. The molecule has 2 N–H and O–H groups in total. The van der Waals surface area contributed by atoms with Crippen LogP contribution in [0.15, 0.2) is 60.0 Å². The molecule has 162 valence electrons. The molecule has 0 spiro atoms. The fraction of sp³-hybridized carbons (Fsp3) is 0.320. The molecule has 0 bridgehead atoms. The van der Waals surface area contributed by atoms with E-state index in [2.05, 4.69) is 34.5 Å². The minimum absolute atomic E-state index is 0.228. The highest BCUT2D eigenvalue weighted by Gasteiger charge is 2.43. The van der Waals surface area contributed by atoms with E-state index < -0.39 is 5.41 Å². The Morgan fingerprint density at radius 2 is 1.87 bits per heavy atom. The average molecular weight is 437 g/mol. The van der Waals surface area contributed by atoms with E-state index in [1.54, 1.807) is 25.6 Å². The number of amides is 1. The molecule has 1 aromatic heterocycles. The maximum Gasteiger partial charge on any atom is 0.225 e. The first-order valence-corrected chi connectivity index (χ1v) is 11.3. The van der Waals surface area contributed by atoms with Gasteiger partial charge in [-0.15, -0.1) is 11.3 Å². The van der Waals surface area contributed by atoms with Gasteiger partial charge in [0.05, 0.1) is 19.6 Å². The number of nitrogens with two attached hydrogens (primary N) is 1. The lowest BCUT2D eigenvalue weighted by Gasteiger charge is -2.27. The Morgan fingerprint density at radius 1 is 1.06 bits per heavy atom. The number of carbonyl (C=O) groups is 1. The molecule has 6 heteroatoms. The van der Waals surface area contributed by atoms with Crippen molar-refractivity contribution in [3.8, 4) is 21.9 Å². The van der Waals surface area contributed by atoms with Crippen molar-refractivity contribution in [1.29, 1.82) is 0 Å². The first kappa shape index (κ1) is 21.4. The van der Waals surface area contributed by atoms with E-state index in [1.807, 2.05) is 30.3 Å². The second kappa shape index (κ2) is 9.12. The number of benzene rings is 2. The van der Waals surface area contributed by atoms with Gasteiger partial charge in [-0.25, -0.2) is 0 Å². The summed E-state index contributed by atoms with van der Waals surface area (Å²) in [5, 5.41) is 2.08. The van der Waals surface area contributed by atoms with Crippen LogP contribution in [0.5, 0.6) is 11.5 Å². The lowest BCUT2D eigenvalue weighted by molar-refractivity contribution is -0.127. The molecule has 2 heterocycles. The Morgan fingerprint density at radius 3 is 2.58 bits per heavy atom. The molecule has 1 aliphatic rings. The van der Waals surface area contributed by atoms with Crippen molar-refractivity contribution in [3.05, 3.63) is 71.1 Å². The summed E-state index contributed by atoms with van der Waals surface area (Å²) >= 11 is 1.71. The Labute approximate surface area is 187 Å². The highest BCUT2D eigenvalue weighted by Crippen LogP contribution is 2.39. The molecule has 1 aliphatic heterocycles. The fourth-order valence-electron chi connectivity index (χ4n) is 4.56. The van der Waals surface area contributed by atoms with Crippen LogP contribution < -0.4 is 15.2 Å². The minimum atomic E-state index is -0.584. The summed E-state index contributed by atoms with van der Waals surface area (Å²) in [6.07, 6.45) is 1.38. The highest BCUT2D eigenvalue weighted by atomic mass is 32.1. The van der Waals surface area contributed by atoms with E-state index in [4.69, 9.17) is 15.2 Å². The second-order valence-corrected chi connectivity index (χ2v) is 9.02. The average Bonchev–Trinajstić information content (AvgIpc) is 3.45. The van der Waals surface area contributed by atoms with Crippen LogP contribution in [-0.4, -0.2) is 38.1 Å². The predicted octanol–water partition coefficient (Wildman–Crippen LogP) is 4.35. The molecule has 0 saturated carbocycles. The summed E-state index contributed by atoms with van der Waals surface area (Å²) in [4.78, 5) is 16.2. The van der Waals surface area contributed by atoms with Gasteiger partial charge in [0.1, 0.15) is 0 Å². The molecule has 1 amide bonds. The van der Waals surface area contributed by atoms with E-state index in [1.165, 1.54) is 16.0 Å². The number of nitrogens with zero attached hydrogens (tertiary/aromatic N) is 1. The summed E-state index contributed by atoms with van der Waals surface area (Å²) in [6.45, 7) is 2.12. The highest BCUT2D eigenvalue weighted by molar-refractivity contribution is 7.13. The molecule has 5 nitrogen and oxygen atoms in total. The van der Waals surface area contributed by atoms with Crippen molar-refractivity contribution in [2.45, 2.75) is 19.4 Å². The van der Waals surface area contributed by atoms with Gasteiger partial charge in [-0.05, 0) is 48.0 Å². The molecule has 0 aliphatic carbocycles. The van der Waals surface area contributed by atoms with Crippen LogP contribution >= 0.6 is 11.3 Å². The number of likely N-dealkylation sites (tertiary alicyclic amines) is 1. The lowest BCUT2D eigenvalue weighted by atomic mass is 9.79. The van der Waals surface area contributed by atoms with Crippen molar-refractivity contribution in [2.24, 2.45) is 11.1 Å². The molecular weight excluding hydrogens is 408 g/mol. The zero-order chi connectivity index (χ0) is 21.8. The van der Waals surface area contributed by atoms with Crippen LogP contribution in [0.4, 0.5) is 0 Å². The van der Waals surface area contributed by atoms with Crippen LogP contribution in [0, 0.1) is 5.41 Å². The normalized spacial score (nSPS) is 18.8. The third-order valence-electron chi connectivity index (χ3n) is 6.17. The third kappa shape index (κ3) is 4.31. The third-order valence-corrected chi connectivity index (χ3v) is 7.07. The Kier molecular flexibility index (Phi) is 6.30. The first-order valence-electron chi connectivity index (χ1n) is 10.4. The zero-order valence-electron chi connectivity index (χ0n) is 18.0.